The molecule has 65 heavy (non-hydrogen) atoms. The molecule has 2 bridgehead atoms. The molecule has 0 spiro atoms. The number of fused-ring (bicyclic) bond motifs is 5. The maximum absolute atomic E-state index is 13.7. The largest absolute Gasteiger partial charge is 0.453 e. The van der Waals surface area contributed by atoms with Crippen molar-refractivity contribution in [2.24, 2.45) is 11.8 Å². The van der Waals surface area contributed by atoms with Crippen LogP contribution < -0.4 is 10.6 Å². The molecule has 4 aliphatic heterocycles. The number of carbonyl (C=O) groups is 4. The molecule has 3 saturated heterocycles. The molecule has 15 nitrogen and oxygen atoms in total. The Hall–Kier alpha value is -6.48. The van der Waals surface area contributed by atoms with E-state index in [-0.39, 0.29) is 47.9 Å². The van der Waals surface area contributed by atoms with Crippen molar-refractivity contribution in [1.29, 1.82) is 0 Å². The van der Waals surface area contributed by atoms with Crippen molar-refractivity contribution in [1.82, 2.24) is 40.4 Å². The van der Waals surface area contributed by atoms with E-state index >= 15 is 0 Å². The van der Waals surface area contributed by atoms with Crippen molar-refractivity contribution in [3.05, 3.63) is 95.8 Å². The third kappa shape index (κ3) is 8.37. The minimum atomic E-state index is -0.691. The van der Waals surface area contributed by atoms with Crippen LogP contribution in [0.1, 0.15) is 113 Å². The number of alkyl carbamates (subject to hydrolysis) is 2. The van der Waals surface area contributed by atoms with Crippen LogP contribution in [0.2, 0.25) is 0 Å². The molecular formula is C50H58N8O7. The molecule has 9 rings (SSSR count). The molecule has 0 radical (unpaired) electrons. The van der Waals surface area contributed by atoms with Gasteiger partial charge in [0, 0.05) is 13.1 Å². The lowest BCUT2D eigenvalue weighted by atomic mass is 9.81. The average molecular weight is 883 g/mol. The molecule has 15 heteroatoms. The molecule has 4 aliphatic rings. The molecule has 5 aromatic rings. The van der Waals surface area contributed by atoms with Gasteiger partial charge in [0.05, 0.1) is 62.3 Å². The molecular weight excluding hydrogens is 825 g/mol. The van der Waals surface area contributed by atoms with E-state index in [0.29, 0.717) is 13.1 Å². The minimum Gasteiger partial charge on any atom is -0.453 e. The van der Waals surface area contributed by atoms with Gasteiger partial charge in [-0.05, 0) is 94.9 Å². The third-order valence-corrected chi connectivity index (χ3v) is 13.6. The first-order chi connectivity index (χ1) is 31.4. The van der Waals surface area contributed by atoms with Crippen LogP contribution in [-0.4, -0.2) is 93.1 Å². The first-order valence-corrected chi connectivity index (χ1v) is 22.9. The molecule has 6 atom stereocenters. The molecule has 0 saturated carbocycles. The second-order valence-corrected chi connectivity index (χ2v) is 18.3. The van der Waals surface area contributed by atoms with E-state index < -0.39 is 24.3 Å². The summed E-state index contributed by atoms with van der Waals surface area (Å²) >= 11 is 0. The summed E-state index contributed by atoms with van der Waals surface area (Å²) in [7, 11) is 2.59. The van der Waals surface area contributed by atoms with Gasteiger partial charge < -0.3 is 44.6 Å². The van der Waals surface area contributed by atoms with Gasteiger partial charge in [0.1, 0.15) is 23.7 Å². The van der Waals surface area contributed by atoms with Crippen LogP contribution in [0.15, 0.2) is 73.1 Å². The van der Waals surface area contributed by atoms with Gasteiger partial charge in [-0.1, -0.05) is 88.4 Å². The fourth-order valence-corrected chi connectivity index (χ4v) is 10.2. The predicted molar refractivity (Wildman–Crippen MR) is 244 cm³/mol. The summed E-state index contributed by atoms with van der Waals surface area (Å²) in [6.45, 7) is 8.83. The van der Waals surface area contributed by atoms with E-state index in [4.69, 9.17) is 24.2 Å². The number of hydrogen-bond donors (Lipinski definition) is 4. The van der Waals surface area contributed by atoms with Gasteiger partial charge >= 0.3 is 12.2 Å². The predicted octanol–water partition coefficient (Wildman–Crippen LogP) is 8.80. The van der Waals surface area contributed by atoms with E-state index in [1.54, 1.807) is 0 Å². The van der Waals surface area contributed by atoms with E-state index in [1.165, 1.54) is 36.5 Å². The van der Waals surface area contributed by atoms with Crippen LogP contribution >= 0.6 is 0 Å². The third-order valence-electron chi connectivity index (χ3n) is 13.6. The zero-order valence-electron chi connectivity index (χ0n) is 37.9. The number of nitrogens with zero attached hydrogens (tertiary/aromatic N) is 4. The Labute approximate surface area is 379 Å². The summed E-state index contributed by atoms with van der Waals surface area (Å²) < 4.78 is 16.2. The van der Waals surface area contributed by atoms with E-state index in [0.717, 1.165) is 83.8 Å². The summed E-state index contributed by atoms with van der Waals surface area (Å²) in [5.74, 6) is 0.977. The highest BCUT2D eigenvalue weighted by atomic mass is 16.5. The number of carbonyl (C=O) groups excluding carboxylic acids is 4. The Morgan fingerprint density at radius 1 is 0.600 bits per heavy atom. The fraction of sp³-hybridized carbons (Fsp3) is 0.440. The lowest BCUT2D eigenvalue weighted by Gasteiger charge is -2.30. The number of benzene rings is 3. The van der Waals surface area contributed by atoms with Crippen LogP contribution in [0.3, 0.4) is 0 Å². The van der Waals surface area contributed by atoms with Crippen molar-refractivity contribution < 1.29 is 33.4 Å². The van der Waals surface area contributed by atoms with E-state index in [2.05, 4.69) is 81.3 Å². The number of H-pyrrole nitrogens is 2. The molecule has 3 fully saturated rings. The average Bonchev–Trinajstić information content (AvgIpc) is 4.19. The second kappa shape index (κ2) is 18.2. The highest BCUT2D eigenvalue weighted by Crippen LogP contribution is 2.56. The maximum atomic E-state index is 13.7. The molecule has 4 N–H and O–H groups in total. The molecule has 4 amide bonds. The Morgan fingerprint density at radius 2 is 0.985 bits per heavy atom. The normalized spacial score (nSPS) is 20.9. The lowest BCUT2D eigenvalue weighted by molar-refractivity contribution is -0.136. The monoisotopic (exact) mass is 882 g/mol. The second-order valence-electron chi connectivity index (χ2n) is 18.3. The number of methoxy groups -OCH3 is 2. The zero-order chi connectivity index (χ0) is 45.5. The van der Waals surface area contributed by atoms with Crippen LogP contribution in [-0.2, 0) is 23.8 Å². The number of imidazole rings is 2. The van der Waals surface area contributed by atoms with Gasteiger partial charge in [0.25, 0.3) is 0 Å². The molecule has 0 aliphatic carbocycles. The SMILES string of the molecule is COC(=O)N[C@H](C(=O)N1CCCC1c1ncc(-c2ccc(-c3ccc(-c4ccc(-c5cnc(C6CCCN6C(=O)[C@@H](NC(=O)OC)C(C)C)[nH]5)cc4)c4c3C3CCC4O3)cc2)[nH]1)C(C)C. The number of aromatic nitrogens is 4. The van der Waals surface area contributed by atoms with Crippen LogP contribution in [0, 0.1) is 11.8 Å². The molecule has 2 aromatic heterocycles. The van der Waals surface area contributed by atoms with E-state index in [1.807, 2.05) is 49.9 Å². The molecule has 340 valence electrons. The van der Waals surface area contributed by atoms with Crippen molar-refractivity contribution in [2.75, 3.05) is 27.3 Å². The maximum Gasteiger partial charge on any atom is 0.407 e. The van der Waals surface area contributed by atoms with Crippen LogP contribution in [0.25, 0.3) is 44.8 Å². The van der Waals surface area contributed by atoms with Gasteiger partial charge in [-0.2, -0.15) is 0 Å². The van der Waals surface area contributed by atoms with Crippen molar-refractivity contribution in [3.63, 3.8) is 0 Å². The van der Waals surface area contributed by atoms with Crippen molar-refractivity contribution in [2.45, 2.75) is 103 Å². The summed E-state index contributed by atoms with van der Waals surface area (Å²) in [4.78, 5) is 71.5. The van der Waals surface area contributed by atoms with Crippen LogP contribution in [0.4, 0.5) is 9.59 Å². The molecule has 6 heterocycles. The van der Waals surface area contributed by atoms with Gasteiger partial charge in [-0.25, -0.2) is 19.6 Å². The number of rotatable bonds is 12. The van der Waals surface area contributed by atoms with Crippen molar-refractivity contribution >= 4 is 24.0 Å². The smallest absolute Gasteiger partial charge is 0.407 e. The highest BCUT2D eigenvalue weighted by molar-refractivity contribution is 5.87. The number of ether oxygens (including phenoxy) is 3. The molecule has 4 unspecified atom stereocenters. The standard InChI is InChI=1S/C50H58N8O7/c1-27(2)43(55-49(61)63-5)47(59)57-23-7-9-37(57)45-51-25-35(53-45)31-15-11-29(12-16-31)33-19-20-34(42-40-22-21-39(65-40)41(33)42)30-13-17-32(18-14-30)36-26-52-46(54-36)38-10-8-24-58(38)48(60)44(28(3)4)56-50(62)64-6/h11-20,25-28,37-40,43-44H,7-10,21-24H2,1-6H3,(H,51,53)(H,52,54)(H,55,61)(H,56,62)/t37?,38?,39?,40?,43-,44-/m0/s1. The fourth-order valence-electron chi connectivity index (χ4n) is 10.2. The number of hydrogen-bond acceptors (Lipinski definition) is 9. The summed E-state index contributed by atoms with van der Waals surface area (Å²) in [5, 5.41) is 5.43. The first kappa shape index (κ1) is 43.8. The Morgan fingerprint density at radius 3 is 1.35 bits per heavy atom. The number of likely N-dealkylation sites (tertiary alicyclic amines) is 2. The Kier molecular flexibility index (Phi) is 12.2. The zero-order valence-corrected chi connectivity index (χ0v) is 37.9. The van der Waals surface area contributed by atoms with Gasteiger partial charge in [-0.15, -0.1) is 0 Å². The number of nitrogens with one attached hydrogen (secondary N) is 4. The van der Waals surface area contributed by atoms with Gasteiger partial charge in [-0.3, -0.25) is 9.59 Å². The van der Waals surface area contributed by atoms with Gasteiger partial charge in [0.2, 0.25) is 11.8 Å². The Bertz CT molecular complexity index is 2390. The summed E-state index contributed by atoms with van der Waals surface area (Å²) in [6, 6.07) is 19.7. The van der Waals surface area contributed by atoms with Crippen LogP contribution in [0.5, 0.6) is 0 Å². The Balaban J connectivity index is 0.910. The number of amides is 4. The lowest BCUT2D eigenvalue weighted by Crippen LogP contribution is -2.51. The first-order valence-electron chi connectivity index (χ1n) is 22.9. The number of aromatic amines is 2. The van der Waals surface area contributed by atoms with E-state index in [9.17, 15) is 19.2 Å². The highest BCUT2D eigenvalue weighted by Gasteiger charge is 2.42. The molecule has 3 aromatic carbocycles. The quantitative estimate of drug-likeness (QED) is 0.0951. The minimum absolute atomic E-state index is 0.0479. The summed E-state index contributed by atoms with van der Waals surface area (Å²) in [6.07, 6.45) is 7.76. The van der Waals surface area contributed by atoms with Crippen molar-refractivity contribution in [3.8, 4) is 44.8 Å². The summed E-state index contributed by atoms with van der Waals surface area (Å²) in [5.41, 5.74) is 10.8. The topological polar surface area (TPSA) is 184 Å². The van der Waals surface area contributed by atoms with Gasteiger partial charge in [0.15, 0.2) is 0 Å².